The van der Waals surface area contributed by atoms with E-state index in [9.17, 15) is 14.7 Å². The number of carbonyl (C=O) groups excluding carboxylic acids is 1. The lowest BCUT2D eigenvalue weighted by atomic mass is 9.95. The number of nitrogens with zero attached hydrogens (tertiary/aromatic N) is 1. The molecule has 9 heteroatoms. The van der Waals surface area contributed by atoms with Gasteiger partial charge in [0, 0.05) is 19.0 Å². The first kappa shape index (κ1) is 22.2. The van der Waals surface area contributed by atoms with Crippen LogP contribution in [0, 0.1) is 5.92 Å². The molecule has 0 aromatic heterocycles. The van der Waals surface area contributed by atoms with Crippen molar-refractivity contribution in [1.82, 2.24) is 4.90 Å². The van der Waals surface area contributed by atoms with E-state index in [-0.39, 0.29) is 37.8 Å². The van der Waals surface area contributed by atoms with Crippen LogP contribution in [0.15, 0.2) is 42.5 Å². The Kier molecular flexibility index (Phi) is 7.42. The SMILES string of the molecule is COC(=O)c1ccccc1OCC1CN(C(=O)O)CCO[C@H]1c1ccc(Cl)c(Cl)c1. The molecular weight excluding hydrogens is 433 g/mol. The molecular formula is C21H21Cl2NO6. The monoisotopic (exact) mass is 453 g/mol. The van der Waals surface area contributed by atoms with Gasteiger partial charge in [0.2, 0.25) is 0 Å². The maximum absolute atomic E-state index is 12.0. The number of methoxy groups -OCH3 is 1. The van der Waals surface area contributed by atoms with Crippen molar-refractivity contribution in [3.8, 4) is 5.75 Å². The van der Waals surface area contributed by atoms with Crippen LogP contribution in [0.4, 0.5) is 4.79 Å². The number of hydrogen-bond acceptors (Lipinski definition) is 5. The molecule has 1 saturated heterocycles. The first-order valence-corrected chi connectivity index (χ1v) is 10.0. The van der Waals surface area contributed by atoms with E-state index < -0.39 is 18.2 Å². The highest BCUT2D eigenvalue weighted by Gasteiger charge is 2.32. The molecule has 30 heavy (non-hydrogen) atoms. The van der Waals surface area contributed by atoms with Crippen molar-refractivity contribution in [3.05, 3.63) is 63.6 Å². The van der Waals surface area contributed by atoms with Gasteiger partial charge in [-0.2, -0.15) is 0 Å². The quantitative estimate of drug-likeness (QED) is 0.669. The minimum atomic E-state index is -1.03. The molecule has 7 nitrogen and oxygen atoms in total. The third-order valence-electron chi connectivity index (χ3n) is 4.83. The van der Waals surface area contributed by atoms with Crippen molar-refractivity contribution in [2.24, 2.45) is 5.92 Å². The zero-order valence-electron chi connectivity index (χ0n) is 16.2. The summed E-state index contributed by atoms with van der Waals surface area (Å²) in [5.74, 6) is -0.522. The number of rotatable bonds is 5. The van der Waals surface area contributed by atoms with Crippen LogP contribution < -0.4 is 4.74 Å². The number of hydrogen-bond donors (Lipinski definition) is 1. The molecule has 0 saturated carbocycles. The molecule has 2 aromatic rings. The summed E-state index contributed by atoms with van der Waals surface area (Å²) in [5.41, 5.74) is 1.06. The zero-order valence-corrected chi connectivity index (χ0v) is 17.7. The lowest BCUT2D eigenvalue weighted by Crippen LogP contribution is -2.37. The second kappa shape index (κ2) is 10.0. The Morgan fingerprint density at radius 1 is 1.20 bits per heavy atom. The van der Waals surface area contributed by atoms with Crippen molar-refractivity contribution >= 4 is 35.3 Å². The largest absolute Gasteiger partial charge is 0.492 e. The van der Waals surface area contributed by atoms with E-state index in [4.69, 9.17) is 37.4 Å². The summed E-state index contributed by atoms with van der Waals surface area (Å²) in [7, 11) is 1.29. The Morgan fingerprint density at radius 2 is 1.97 bits per heavy atom. The van der Waals surface area contributed by atoms with Crippen LogP contribution in [0.5, 0.6) is 5.75 Å². The van der Waals surface area contributed by atoms with Crippen LogP contribution in [-0.4, -0.2) is 55.5 Å². The highest BCUT2D eigenvalue weighted by molar-refractivity contribution is 6.42. The van der Waals surface area contributed by atoms with Gasteiger partial charge in [-0.3, -0.25) is 0 Å². The number of amides is 1. The van der Waals surface area contributed by atoms with Crippen LogP contribution in [0.2, 0.25) is 10.0 Å². The molecule has 0 bridgehead atoms. The number of esters is 1. The van der Waals surface area contributed by atoms with Gasteiger partial charge < -0.3 is 24.2 Å². The third kappa shape index (κ3) is 5.16. The van der Waals surface area contributed by atoms with E-state index in [2.05, 4.69) is 0 Å². The van der Waals surface area contributed by atoms with E-state index in [1.807, 2.05) is 0 Å². The van der Waals surface area contributed by atoms with Crippen LogP contribution in [0.3, 0.4) is 0 Å². The molecule has 1 fully saturated rings. The van der Waals surface area contributed by atoms with Crippen LogP contribution >= 0.6 is 23.2 Å². The molecule has 2 aromatic carbocycles. The lowest BCUT2D eigenvalue weighted by molar-refractivity contribution is 0.0150. The Labute approximate surface area is 184 Å². The maximum atomic E-state index is 12.0. The fraction of sp³-hybridized carbons (Fsp3) is 0.333. The number of halogens is 2. The fourth-order valence-electron chi connectivity index (χ4n) is 3.34. The van der Waals surface area contributed by atoms with Gasteiger partial charge in [-0.05, 0) is 29.8 Å². The Balaban J connectivity index is 1.87. The highest BCUT2D eigenvalue weighted by atomic mass is 35.5. The summed E-state index contributed by atoms with van der Waals surface area (Å²) >= 11 is 12.2. The van der Waals surface area contributed by atoms with Crippen LogP contribution in [0.1, 0.15) is 22.0 Å². The predicted octanol–water partition coefficient (Wildman–Crippen LogP) is 4.53. The first-order chi connectivity index (χ1) is 14.4. The van der Waals surface area contributed by atoms with Gasteiger partial charge in [0.1, 0.15) is 11.3 Å². The molecule has 160 valence electrons. The smallest absolute Gasteiger partial charge is 0.407 e. The molecule has 1 amide bonds. The molecule has 1 aliphatic rings. The van der Waals surface area contributed by atoms with Gasteiger partial charge in [0.25, 0.3) is 0 Å². The zero-order chi connectivity index (χ0) is 21.7. The summed E-state index contributed by atoms with van der Waals surface area (Å²) in [5, 5.41) is 10.3. The summed E-state index contributed by atoms with van der Waals surface area (Å²) in [6.07, 6.45) is -1.50. The third-order valence-corrected chi connectivity index (χ3v) is 5.57. The van der Waals surface area contributed by atoms with Crippen LogP contribution in [0.25, 0.3) is 0 Å². The molecule has 0 spiro atoms. The van der Waals surface area contributed by atoms with E-state index in [0.717, 1.165) is 5.56 Å². The summed E-state index contributed by atoms with van der Waals surface area (Å²) in [6, 6.07) is 11.9. The molecule has 1 heterocycles. The first-order valence-electron chi connectivity index (χ1n) is 9.25. The minimum Gasteiger partial charge on any atom is -0.492 e. The summed E-state index contributed by atoms with van der Waals surface area (Å²) in [6.45, 7) is 0.776. The highest BCUT2D eigenvalue weighted by Crippen LogP contribution is 2.34. The number of benzene rings is 2. The topological polar surface area (TPSA) is 85.3 Å². The molecule has 0 aliphatic carbocycles. The number of para-hydroxylation sites is 1. The fourth-order valence-corrected chi connectivity index (χ4v) is 3.64. The average Bonchev–Trinajstić information content (AvgIpc) is 2.96. The minimum absolute atomic E-state index is 0.114. The Hall–Kier alpha value is -2.48. The Bertz CT molecular complexity index is 922. The molecule has 2 atom stereocenters. The van der Waals surface area contributed by atoms with Crippen molar-refractivity contribution in [1.29, 1.82) is 0 Å². The van der Waals surface area contributed by atoms with Crippen LogP contribution in [-0.2, 0) is 9.47 Å². The van der Waals surface area contributed by atoms with Crippen molar-refractivity contribution in [2.75, 3.05) is 33.4 Å². The standard InChI is InChI=1S/C21H21Cl2NO6/c1-28-20(25)15-4-2-3-5-18(15)30-12-14-11-24(21(26)27)8-9-29-19(14)13-6-7-16(22)17(23)10-13/h2-7,10,14,19H,8-9,11-12H2,1H3,(H,26,27)/t14?,19-/m0/s1. The lowest BCUT2D eigenvalue weighted by Gasteiger charge is -2.27. The molecule has 1 N–H and O–H groups in total. The molecule has 1 unspecified atom stereocenters. The van der Waals surface area contributed by atoms with E-state index in [1.54, 1.807) is 42.5 Å². The maximum Gasteiger partial charge on any atom is 0.407 e. The number of ether oxygens (including phenoxy) is 3. The summed E-state index contributed by atoms with van der Waals surface area (Å²) < 4.78 is 16.7. The predicted molar refractivity (Wildman–Crippen MR) is 112 cm³/mol. The molecule has 3 rings (SSSR count). The Morgan fingerprint density at radius 3 is 2.67 bits per heavy atom. The normalized spacial score (nSPS) is 19.1. The second-order valence-corrected chi connectivity index (χ2v) is 7.57. The molecule has 1 aliphatic heterocycles. The summed E-state index contributed by atoms with van der Waals surface area (Å²) in [4.78, 5) is 24.9. The number of carbonyl (C=O) groups is 2. The van der Waals surface area contributed by atoms with Crippen molar-refractivity contribution < 1.29 is 28.9 Å². The average molecular weight is 454 g/mol. The number of carboxylic acid groups (broad SMARTS) is 1. The van der Waals surface area contributed by atoms with Gasteiger partial charge in [0.05, 0.1) is 36.5 Å². The second-order valence-electron chi connectivity index (χ2n) is 6.75. The van der Waals surface area contributed by atoms with Gasteiger partial charge in [-0.1, -0.05) is 41.4 Å². The van der Waals surface area contributed by atoms with Gasteiger partial charge in [-0.25, -0.2) is 9.59 Å². The van der Waals surface area contributed by atoms with Gasteiger partial charge in [0.15, 0.2) is 0 Å². The van der Waals surface area contributed by atoms with Crippen molar-refractivity contribution in [2.45, 2.75) is 6.10 Å². The van der Waals surface area contributed by atoms with Gasteiger partial charge in [-0.15, -0.1) is 0 Å². The van der Waals surface area contributed by atoms with E-state index in [1.165, 1.54) is 12.0 Å². The van der Waals surface area contributed by atoms with E-state index in [0.29, 0.717) is 15.8 Å². The van der Waals surface area contributed by atoms with Crippen molar-refractivity contribution in [3.63, 3.8) is 0 Å². The molecule has 0 radical (unpaired) electrons. The van der Waals surface area contributed by atoms with E-state index >= 15 is 0 Å². The van der Waals surface area contributed by atoms with Gasteiger partial charge >= 0.3 is 12.1 Å².